The van der Waals surface area contributed by atoms with E-state index in [1.54, 1.807) is 0 Å². The molecule has 0 radical (unpaired) electrons. The van der Waals surface area contributed by atoms with Gasteiger partial charge in [-0.3, -0.25) is 5.41 Å². The number of nitrogens with one attached hydrogen (secondary N) is 2. The molecule has 0 spiro atoms. The van der Waals surface area contributed by atoms with E-state index in [-0.39, 0.29) is 0 Å². The van der Waals surface area contributed by atoms with Gasteiger partial charge in [0.05, 0.1) is 0 Å². The first-order chi connectivity index (χ1) is 9.56. The Hall–Kier alpha value is -1.55. The lowest BCUT2D eigenvalue weighted by atomic mass is 9.98. The van der Waals surface area contributed by atoms with Crippen LogP contribution >= 0.6 is 0 Å². The quantitative estimate of drug-likeness (QED) is 0.500. The molecule has 1 heterocycles. The first kappa shape index (κ1) is 14.9. The maximum absolute atomic E-state index is 8.15. The lowest BCUT2D eigenvalue weighted by Gasteiger charge is -2.31. The van der Waals surface area contributed by atoms with Crippen LogP contribution in [0.3, 0.4) is 0 Å². The number of hydrogen-bond donors (Lipinski definition) is 2. The van der Waals surface area contributed by atoms with Gasteiger partial charge in [0.1, 0.15) is 0 Å². The van der Waals surface area contributed by atoms with Gasteiger partial charge in [-0.05, 0) is 51.5 Å². The second-order valence-electron chi connectivity index (χ2n) is 5.88. The average Bonchev–Trinajstić information content (AvgIpc) is 2.42. The van der Waals surface area contributed by atoms with E-state index in [2.05, 4.69) is 54.3 Å². The third kappa shape index (κ3) is 3.97. The summed E-state index contributed by atoms with van der Waals surface area (Å²) in [7, 11) is 4.16. The third-order valence-electron chi connectivity index (χ3n) is 3.76. The van der Waals surface area contributed by atoms with Crippen molar-refractivity contribution in [3.05, 3.63) is 34.9 Å². The molecule has 2 N–H and O–H groups in total. The molecule has 0 unspecified atom stereocenters. The number of fused-ring (bicyclic) bond motifs is 1. The maximum atomic E-state index is 8.15. The molecule has 1 aliphatic heterocycles. The number of rotatable bonds is 4. The summed E-state index contributed by atoms with van der Waals surface area (Å²) in [6, 6.07) is 6.65. The van der Waals surface area contributed by atoms with Crippen molar-refractivity contribution in [3.63, 3.8) is 0 Å². The zero-order valence-electron chi connectivity index (χ0n) is 12.9. The number of guanidine groups is 1. The van der Waals surface area contributed by atoms with Gasteiger partial charge in [0, 0.05) is 19.6 Å². The van der Waals surface area contributed by atoms with Gasteiger partial charge < -0.3 is 15.1 Å². The topological polar surface area (TPSA) is 42.4 Å². The summed E-state index contributed by atoms with van der Waals surface area (Å²) < 4.78 is 0. The van der Waals surface area contributed by atoms with Crippen LogP contribution < -0.4 is 5.32 Å². The van der Waals surface area contributed by atoms with Crippen molar-refractivity contribution in [2.24, 2.45) is 0 Å². The fraction of sp³-hybridized carbons (Fsp3) is 0.562. The molecule has 4 heteroatoms. The first-order valence-corrected chi connectivity index (χ1v) is 7.37. The summed E-state index contributed by atoms with van der Waals surface area (Å²) in [6.07, 6.45) is 2.11. The van der Waals surface area contributed by atoms with Crippen molar-refractivity contribution in [1.29, 1.82) is 5.41 Å². The zero-order chi connectivity index (χ0) is 14.5. The van der Waals surface area contributed by atoms with Crippen LogP contribution in [0.4, 0.5) is 0 Å². The van der Waals surface area contributed by atoms with Crippen LogP contribution in [0.5, 0.6) is 0 Å². The van der Waals surface area contributed by atoms with Gasteiger partial charge in [0.25, 0.3) is 0 Å². The molecular weight excluding hydrogens is 248 g/mol. The van der Waals surface area contributed by atoms with Gasteiger partial charge in [-0.2, -0.15) is 0 Å². The van der Waals surface area contributed by atoms with E-state index in [0.717, 1.165) is 39.0 Å². The Bertz CT molecular complexity index is 468. The Morgan fingerprint density at radius 1 is 1.35 bits per heavy atom. The molecule has 1 aromatic carbocycles. The monoisotopic (exact) mass is 274 g/mol. The highest BCUT2D eigenvalue weighted by Crippen LogP contribution is 2.19. The minimum absolute atomic E-state index is 0.565. The van der Waals surface area contributed by atoms with Crippen LogP contribution in [0.1, 0.15) is 23.1 Å². The van der Waals surface area contributed by atoms with Crippen LogP contribution in [0.15, 0.2) is 18.2 Å². The van der Waals surface area contributed by atoms with Crippen LogP contribution in [0, 0.1) is 12.3 Å². The number of hydrogen-bond acceptors (Lipinski definition) is 2. The first-order valence-electron chi connectivity index (χ1n) is 7.37. The Balaban J connectivity index is 1.83. The summed E-state index contributed by atoms with van der Waals surface area (Å²) >= 11 is 0. The largest absolute Gasteiger partial charge is 0.356 e. The molecule has 2 rings (SSSR count). The average molecular weight is 274 g/mol. The maximum Gasteiger partial charge on any atom is 0.191 e. The minimum Gasteiger partial charge on any atom is -0.356 e. The predicted octanol–water partition coefficient (Wildman–Crippen LogP) is 1.83. The van der Waals surface area contributed by atoms with Crippen molar-refractivity contribution in [2.75, 3.05) is 33.7 Å². The fourth-order valence-corrected chi connectivity index (χ4v) is 2.59. The predicted molar refractivity (Wildman–Crippen MR) is 84.2 cm³/mol. The molecule has 0 fully saturated rings. The molecule has 1 aromatic rings. The van der Waals surface area contributed by atoms with E-state index >= 15 is 0 Å². The Morgan fingerprint density at radius 2 is 2.15 bits per heavy atom. The molecule has 0 amide bonds. The fourth-order valence-electron chi connectivity index (χ4n) is 2.59. The summed E-state index contributed by atoms with van der Waals surface area (Å²) in [4.78, 5) is 4.30. The van der Waals surface area contributed by atoms with E-state index in [9.17, 15) is 0 Å². The van der Waals surface area contributed by atoms with E-state index in [1.165, 1.54) is 16.7 Å². The Labute approximate surface area is 122 Å². The molecular formula is C16H26N4. The second-order valence-corrected chi connectivity index (χ2v) is 5.88. The molecule has 0 saturated carbocycles. The standard InChI is InChI=1S/C16H26N4/c1-13-5-6-15-12-20(10-7-14(15)11-13)16(17)18-8-4-9-19(2)3/h5-6,11H,4,7-10,12H2,1-3H3,(H2,17,18). The molecule has 4 nitrogen and oxygen atoms in total. The van der Waals surface area contributed by atoms with Crippen LogP contribution in [0.2, 0.25) is 0 Å². The lowest BCUT2D eigenvalue weighted by molar-refractivity contribution is 0.369. The molecule has 0 aromatic heterocycles. The highest BCUT2D eigenvalue weighted by Gasteiger charge is 2.18. The molecule has 20 heavy (non-hydrogen) atoms. The Kier molecular flexibility index (Phi) is 5.01. The summed E-state index contributed by atoms with van der Waals surface area (Å²) in [5.74, 6) is 0.565. The molecule has 0 aliphatic carbocycles. The highest BCUT2D eigenvalue weighted by molar-refractivity contribution is 5.77. The van der Waals surface area contributed by atoms with E-state index in [4.69, 9.17) is 5.41 Å². The zero-order valence-corrected chi connectivity index (χ0v) is 12.9. The van der Waals surface area contributed by atoms with Gasteiger partial charge in [-0.15, -0.1) is 0 Å². The third-order valence-corrected chi connectivity index (χ3v) is 3.76. The summed E-state index contributed by atoms with van der Waals surface area (Å²) in [6.45, 7) is 5.86. The van der Waals surface area contributed by atoms with E-state index in [0.29, 0.717) is 5.96 Å². The van der Waals surface area contributed by atoms with Gasteiger partial charge in [-0.1, -0.05) is 23.8 Å². The van der Waals surface area contributed by atoms with Gasteiger partial charge >= 0.3 is 0 Å². The highest BCUT2D eigenvalue weighted by atomic mass is 15.3. The molecule has 110 valence electrons. The second kappa shape index (κ2) is 6.75. The minimum atomic E-state index is 0.565. The lowest BCUT2D eigenvalue weighted by Crippen LogP contribution is -2.43. The van der Waals surface area contributed by atoms with Crippen LogP contribution in [-0.2, 0) is 13.0 Å². The van der Waals surface area contributed by atoms with Crippen molar-refractivity contribution < 1.29 is 0 Å². The van der Waals surface area contributed by atoms with Crippen molar-refractivity contribution in [2.45, 2.75) is 26.3 Å². The number of benzene rings is 1. The van der Waals surface area contributed by atoms with E-state index in [1.807, 2.05) is 0 Å². The SMILES string of the molecule is Cc1ccc2c(c1)CCN(C(=N)NCCCN(C)C)C2. The molecule has 0 atom stereocenters. The number of nitrogens with zero attached hydrogens (tertiary/aromatic N) is 2. The molecule has 0 saturated heterocycles. The van der Waals surface area contributed by atoms with E-state index < -0.39 is 0 Å². The number of aryl methyl sites for hydroxylation is 1. The normalized spacial score (nSPS) is 14.3. The molecule has 0 bridgehead atoms. The van der Waals surface area contributed by atoms with Crippen molar-refractivity contribution in [1.82, 2.24) is 15.1 Å². The van der Waals surface area contributed by atoms with Crippen LogP contribution in [-0.4, -0.2) is 49.5 Å². The Morgan fingerprint density at radius 3 is 2.90 bits per heavy atom. The smallest absolute Gasteiger partial charge is 0.191 e. The van der Waals surface area contributed by atoms with Gasteiger partial charge in [-0.25, -0.2) is 0 Å². The summed E-state index contributed by atoms with van der Waals surface area (Å²) in [5, 5.41) is 11.4. The van der Waals surface area contributed by atoms with Crippen LogP contribution in [0.25, 0.3) is 0 Å². The van der Waals surface area contributed by atoms with Crippen molar-refractivity contribution >= 4 is 5.96 Å². The van der Waals surface area contributed by atoms with Crippen molar-refractivity contribution in [3.8, 4) is 0 Å². The van der Waals surface area contributed by atoms with Gasteiger partial charge in [0.15, 0.2) is 5.96 Å². The van der Waals surface area contributed by atoms with Gasteiger partial charge in [0.2, 0.25) is 0 Å². The summed E-state index contributed by atoms with van der Waals surface area (Å²) in [5.41, 5.74) is 4.14. The molecule has 1 aliphatic rings.